The topological polar surface area (TPSA) is 77.2 Å². The quantitative estimate of drug-likeness (QED) is 0.408. The summed E-state index contributed by atoms with van der Waals surface area (Å²) in [7, 11) is 1.59. The first-order valence-electron chi connectivity index (χ1n) is 8.77. The Hall–Kier alpha value is -3.10. The number of anilines is 1. The van der Waals surface area contributed by atoms with E-state index in [4.69, 9.17) is 9.15 Å². The molecule has 8 heteroatoms. The van der Waals surface area contributed by atoms with E-state index >= 15 is 0 Å². The second kappa shape index (κ2) is 8.93. The highest BCUT2D eigenvalue weighted by atomic mass is 32.2. The number of benzene rings is 2. The minimum Gasteiger partial charge on any atom is -0.497 e. The maximum absolute atomic E-state index is 13.1. The van der Waals surface area contributed by atoms with Crippen molar-refractivity contribution in [1.29, 1.82) is 0 Å². The highest BCUT2D eigenvalue weighted by Crippen LogP contribution is 2.37. The maximum Gasteiger partial charge on any atom is 0.278 e. The molecule has 1 atom stereocenters. The number of nitrogens with zero attached hydrogens (tertiary/aromatic N) is 2. The van der Waals surface area contributed by atoms with Crippen molar-refractivity contribution in [2.24, 2.45) is 0 Å². The van der Waals surface area contributed by atoms with Crippen LogP contribution in [0, 0.1) is 0 Å². The number of amides is 1. The van der Waals surface area contributed by atoms with Crippen LogP contribution < -0.4 is 10.1 Å². The van der Waals surface area contributed by atoms with Crippen LogP contribution >= 0.6 is 23.1 Å². The summed E-state index contributed by atoms with van der Waals surface area (Å²) in [5.41, 5.74) is 1.49. The van der Waals surface area contributed by atoms with Gasteiger partial charge in [-0.3, -0.25) is 4.79 Å². The van der Waals surface area contributed by atoms with Gasteiger partial charge in [-0.2, -0.15) is 0 Å². The number of thioether (sulfide) groups is 1. The Kier molecular flexibility index (Phi) is 5.92. The molecular formula is C21H17N3O3S2. The molecule has 1 N–H and O–H groups in total. The Bertz CT molecular complexity index is 1080. The predicted molar refractivity (Wildman–Crippen MR) is 114 cm³/mol. The van der Waals surface area contributed by atoms with Gasteiger partial charge in [0, 0.05) is 11.8 Å². The molecule has 0 saturated heterocycles. The molecule has 0 aliphatic heterocycles. The summed E-state index contributed by atoms with van der Waals surface area (Å²) in [6.45, 7) is 0. The lowest BCUT2D eigenvalue weighted by Gasteiger charge is -2.15. The normalized spacial score (nSPS) is 11.8. The van der Waals surface area contributed by atoms with Gasteiger partial charge in [0.1, 0.15) is 11.0 Å². The third-order valence-corrected chi connectivity index (χ3v) is 5.98. The van der Waals surface area contributed by atoms with Crippen LogP contribution in [0.15, 0.2) is 81.8 Å². The van der Waals surface area contributed by atoms with Gasteiger partial charge >= 0.3 is 0 Å². The molecule has 2 heterocycles. The number of thiophene rings is 1. The van der Waals surface area contributed by atoms with Crippen LogP contribution in [0.3, 0.4) is 0 Å². The highest BCUT2D eigenvalue weighted by molar-refractivity contribution is 8.00. The van der Waals surface area contributed by atoms with Crippen LogP contribution in [0.2, 0.25) is 0 Å². The van der Waals surface area contributed by atoms with E-state index in [2.05, 4.69) is 15.5 Å². The van der Waals surface area contributed by atoms with Crippen LogP contribution in [0.5, 0.6) is 5.75 Å². The van der Waals surface area contributed by atoms with E-state index in [0.717, 1.165) is 10.4 Å². The summed E-state index contributed by atoms with van der Waals surface area (Å²) >= 11 is 2.74. The number of rotatable bonds is 7. The average Bonchev–Trinajstić information content (AvgIpc) is 3.44. The molecule has 2 aromatic carbocycles. The molecule has 0 bridgehead atoms. The first kappa shape index (κ1) is 19.2. The Morgan fingerprint density at radius 1 is 1.10 bits per heavy atom. The summed E-state index contributed by atoms with van der Waals surface area (Å²) in [6.07, 6.45) is 0. The van der Waals surface area contributed by atoms with Crippen LogP contribution in [-0.2, 0) is 4.79 Å². The lowest BCUT2D eigenvalue weighted by molar-refractivity contribution is -0.115. The molecule has 6 nitrogen and oxygen atoms in total. The number of carbonyl (C=O) groups excluding carboxylic acids is 1. The summed E-state index contributed by atoms with van der Waals surface area (Å²) in [4.78, 5) is 14.0. The molecule has 0 saturated carbocycles. The average molecular weight is 424 g/mol. The zero-order chi connectivity index (χ0) is 20.1. The van der Waals surface area contributed by atoms with Crippen molar-refractivity contribution >= 4 is 34.7 Å². The number of carbonyl (C=O) groups is 1. The second-order valence-electron chi connectivity index (χ2n) is 5.98. The fourth-order valence-electron chi connectivity index (χ4n) is 2.67. The van der Waals surface area contributed by atoms with Gasteiger partial charge in [0.25, 0.3) is 11.1 Å². The van der Waals surface area contributed by atoms with Crippen molar-refractivity contribution in [3.05, 3.63) is 77.7 Å². The van der Waals surface area contributed by atoms with Crippen molar-refractivity contribution in [3.8, 4) is 16.5 Å². The molecule has 4 aromatic rings. The first-order valence-corrected chi connectivity index (χ1v) is 10.5. The maximum atomic E-state index is 13.1. The van der Waals surface area contributed by atoms with Crippen molar-refractivity contribution in [2.75, 3.05) is 12.4 Å². The minimum atomic E-state index is -0.556. The van der Waals surface area contributed by atoms with Crippen molar-refractivity contribution in [2.45, 2.75) is 10.5 Å². The Morgan fingerprint density at radius 2 is 1.97 bits per heavy atom. The first-order chi connectivity index (χ1) is 14.2. The van der Waals surface area contributed by atoms with Crippen LogP contribution in [0.1, 0.15) is 10.8 Å². The molecule has 0 radical (unpaired) electrons. The predicted octanol–water partition coefficient (Wildman–Crippen LogP) is 5.28. The Labute approximate surface area is 175 Å². The standard InChI is InChI=1S/C21H17N3O3S2/c1-26-16-10-5-9-15(13-16)22-19(25)18(14-7-3-2-4-8-14)29-21-24-23-20(27-21)17-11-6-12-28-17/h2-13,18H,1H3,(H,22,25). The van der Waals surface area contributed by atoms with Gasteiger partial charge in [-0.1, -0.05) is 42.5 Å². The Morgan fingerprint density at radius 3 is 2.72 bits per heavy atom. The molecule has 29 heavy (non-hydrogen) atoms. The van der Waals surface area contributed by atoms with Crippen LogP contribution in [0.25, 0.3) is 10.8 Å². The van der Waals surface area contributed by atoms with Gasteiger partial charge in [-0.05, 0) is 40.9 Å². The van der Waals surface area contributed by atoms with Gasteiger partial charge in [0.05, 0.1) is 12.0 Å². The van der Waals surface area contributed by atoms with Gasteiger partial charge in [-0.25, -0.2) is 0 Å². The van der Waals surface area contributed by atoms with E-state index in [1.165, 1.54) is 23.1 Å². The van der Waals surface area contributed by atoms with Crippen molar-refractivity contribution in [3.63, 3.8) is 0 Å². The Balaban J connectivity index is 1.57. The number of hydrogen-bond donors (Lipinski definition) is 1. The number of methoxy groups -OCH3 is 1. The molecular weight excluding hydrogens is 406 g/mol. The molecule has 0 fully saturated rings. The number of aromatic nitrogens is 2. The molecule has 0 aliphatic carbocycles. The summed E-state index contributed by atoms with van der Waals surface area (Å²) in [5.74, 6) is 0.928. The monoisotopic (exact) mass is 423 g/mol. The molecule has 1 unspecified atom stereocenters. The number of ether oxygens (including phenoxy) is 1. The molecule has 2 aromatic heterocycles. The van der Waals surface area contributed by atoms with E-state index in [9.17, 15) is 4.79 Å². The van der Waals surface area contributed by atoms with Crippen LogP contribution in [-0.4, -0.2) is 23.2 Å². The molecule has 4 rings (SSSR count). The molecule has 0 spiro atoms. The van der Waals surface area contributed by atoms with Crippen LogP contribution in [0.4, 0.5) is 5.69 Å². The smallest absolute Gasteiger partial charge is 0.278 e. The fraction of sp³-hybridized carbons (Fsp3) is 0.0952. The molecule has 0 aliphatic rings. The van der Waals surface area contributed by atoms with E-state index < -0.39 is 5.25 Å². The number of nitrogens with one attached hydrogen (secondary N) is 1. The van der Waals surface area contributed by atoms with Crippen molar-refractivity contribution in [1.82, 2.24) is 10.2 Å². The third-order valence-electron chi connectivity index (χ3n) is 4.03. The van der Waals surface area contributed by atoms with Gasteiger partial charge in [-0.15, -0.1) is 21.5 Å². The summed E-state index contributed by atoms with van der Waals surface area (Å²) in [5, 5.41) is 12.9. The lowest BCUT2D eigenvalue weighted by Crippen LogP contribution is -2.19. The van der Waals surface area contributed by atoms with Gasteiger partial charge < -0.3 is 14.5 Å². The van der Waals surface area contributed by atoms with Crippen molar-refractivity contribution < 1.29 is 13.9 Å². The fourth-order valence-corrected chi connectivity index (χ4v) is 4.19. The zero-order valence-electron chi connectivity index (χ0n) is 15.4. The third kappa shape index (κ3) is 4.67. The molecule has 1 amide bonds. The zero-order valence-corrected chi connectivity index (χ0v) is 17.1. The van der Waals surface area contributed by atoms with Gasteiger partial charge in [0.2, 0.25) is 5.91 Å². The SMILES string of the molecule is COc1cccc(NC(=O)C(Sc2nnc(-c3cccs3)o2)c2ccccc2)c1. The van der Waals surface area contributed by atoms with E-state index in [1.54, 1.807) is 13.2 Å². The minimum absolute atomic E-state index is 0.190. The van der Waals surface area contributed by atoms with E-state index in [0.29, 0.717) is 22.6 Å². The lowest BCUT2D eigenvalue weighted by atomic mass is 10.1. The number of hydrogen-bond acceptors (Lipinski definition) is 7. The van der Waals surface area contributed by atoms with E-state index in [-0.39, 0.29) is 5.91 Å². The second-order valence-corrected chi connectivity index (χ2v) is 7.98. The summed E-state index contributed by atoms with van der Waals surface area (Å²) < 4.78 is 11.0. The van der Waals surface area contributed by atoms with E-state index in [1.807, 2.05) is 66.0 Å². The molecule has 146 valence electrons. The summed E-state index contributed by atoms with van der Waals surface area (Å²) in [6, 6.07) is 20.6. The van der Waals surface area contributed by atoms with Gasteiger partial charge in [0.15, 0.2) is 0 Å². The largest absolute Gasteiger partial charge is 0.497 e. The highest BCUT2D eigenvalue weighted by Gasteiger charge is 2.25.